The lowest BCUT2D eigenvalue weighted by atomic mass is 10.3. The molecule has 0 aromatic carbocycles. The summed E-state index contributed by atoms with van der Waals surface area (Å²) in [5.41, 5.74) is 0. The largest absolute Gasteiger partial charge is 0.348 e. The van der Waals surface area contributed by atoms with Crippen LogP contribution in [0.2, 0.25) is 0 Å². The highest BCUT2D eigenvalue weighted by atomic mass is 32.2. The van der Waals surface area contributed by atoms with Crippen molar-refractivity contribution in [3.8, 4) is 0 Å². The van der Waals surface area contributed by atoms with Gasteiger partial charge in [0.25, 0.3) is 0 Å². The average molecular weight is 279 g/mol. The number of rotatable bonds is 2. The predicted molar refractivity (Wildman–Crippen MR) is 81.5 cm³/mol. The van der Waals surface area contributed by atoms with Crippen molar-refractivity contribution < 1.29 is 4.79 Å². The highest BCUT2D eigenvalue weighted by Gasteiger charge is 2.25. The van der Waals surface area contributed by atoms with Crippen molar-refractivity contribution >= 4 is 22.8 Å². The minimum Gasteiger partial charge on any atom is -0.348 e. The number of amides is 1. The molecule has 2 rings (SSSR count). The number of aliphatic imine (C=N–C) groups is 1. The summed E-state index contributed by atoms with van der Waals surface area (Å²) >= 11 is 1.85. The van der Waals surface area contributed by atoms with Gasteiger partial charge in [0.15, 0.2) is 5.17 Å². The summed E-state index contributed by atoms with van der Waals surface area (Å²) < 4.78 is 0. The van der Waals surface area contributed by atoms with Gasteiger partial charge in [-0.15, -0.1) is 0 Å². The zero-order valence-electron chi connectivity index (χ0n) is 11.6. The molecule has 0 N–H and O–H groups in total. The van der Waals surface area contributed by atoms with Crippen molar-refractivity contribution in [2.45, 2.75) is 19.1 Å². The minimum atomic E-state index is 0.104. The summed E-state index contributed by atoms with van der Waals surface area (Å²) in [6.07, 6.45) is 7.23. The number of carbonyl (C=O) groups excluding carboxylic acids is 1. The van der Waals surface area contributed by atoms with Gasteiger partial charge in [-0.2, -0.15) is 0 Å². The van der Waals surface area contributed by atoms with Crippen LogP contribution in [-0.4, -0.2) is 58.8 Å². The molecule has 4 nitrogen and oxygen atoms in total. The van der Waals surface area contributed by atoms with Crippen molar-refractivity contribution in [1.29, 1.82) is 0 Å². The second-order valence-corrected chi connectivity index (χ2v) is 6.15. The van der Waals surface area contributed by atoms with E-state index in [1.165, 1.54) is 0 Å². The van der Waals surface area contributed by atoms with E-state index < -0.39 is 0 Å². The Kier molecular flexibility index (Phi) is 5.07. The first-order valence-corrected chi connectivity index (χ1v) is 7.63. The standard InChI is InChI=1S/C14H21N3OS/c1-3-4-5-6-13(18)16-7-9-17(10-8-16)14-15-11-12(2)19-14/h3-6,12H,7-11H2,1-2H3/b4-3+,6-5+. The molecule has 0 aromatic heterocycles. The van der Waals surface area contributed by atoms with Gasteiger partial charge < -0.3 is 9.80 Å². The van der Waals surface area contributed by atoms with Crippen LogP contribution in [-0.2, 0) is 4.79 Å². The molecule has 0 radical (unpaired) electrons. The smallest absolute Gasteiger partial charge is 0.246 e. The Labute approximate surface area is 119 Å². The van der Waals surface area contributed by atoms with E-state index in [0.29, 0.717) is 5.25 Å². The van der Waals surface area contributed by atoms with Gasteiger partial charge in [-0.1, -0.05) is 36.9 Å². The molecule has 0 saturated carbocycles. The zero-order valence-corrected chi connectivity index (χ0v) is 12.4. The molecule has 104 valence electrons. The first-order chi connectivity index (χ1) is 9.20. The monoisotopic (exact) mass is 279 g/mol. The van der Waals surface area contributed by atoms with E-state index >= 15 is 0 Å². The number of hydrogen-bond acceptors (Lipinski definition) is 4. The molecule has 1 amide bonds. The maximum atomic E-state index is 11.9. The quantitative estimate of drug-likeness (QED) is 0.571. The van der Waals surface area contributed by atoms with E-state index in [1.807, 2.05) is 35.7 Å². The molecule has 1 unspecified atom stereocenters. The first-order valence-electron chi connectivity index (χ1n) is 6.75. The Balaban J connectivity index is 1.81. The second-order valence-electron chi connectivity index (χ2n) is 4.75. The molecule has 19 heavy (non-hydrogen) atoms. The van der Waals surface area contributed by atoms with E-state index in [-0.39, 0.29) is 5.91 Å². The summed E-state index contributed by atoms with van der Waals surface area (Å²) in [7, 11) is 0. The van der Waals surface area contributed by atoms with Gasteiger partial charge in [-0.05, 0) is 6.92 Å². The van der Waals surface area contributed by atoms with E-state index in [2.05, 4.69) is 16.8 Å². The lowest BCUT2D eigenvalue weighted by Gasteiger charge is -2.35. The summed E-state index contributed by atoms with van der Waals surface area (Å²) in [5, 5.41) is 1.75. The third kappa shape index (κ3) is 3.86. The number of amidine groups is 1. The normalized spacial score (nSPS) is 24.5. The molecule has 0 bridgehead atoms. The fourth-order valence-electron chi connectivity index (χ4n) is 2.11. The lowest BCUT2D eigenvalue weighted by molar-refractivity contribution is -0.127. The van der Waals surface area contributed by atoms with Crippen LogP contribution >= 0.6 is 11.8 Å². The molecule has 5 heteroatoms. The molecule has 1 fully saturated rings. The van der Waals surface area contributed by atoms with Crippen molar-refractivity contribution in [3.63, 3.8) is 0 Å². The van der Waals surface area contributed by atoms with Gasteiger partial charge in [0.2, 0.25) is 5.91 Å². The van der Waals surface area contributed by atoms with E-state index in [0.717, 1.165) is 37.9 Å². The average Bonchev–Trinajstić information content (AvgIpc) is 2.86. The molecule has 0 aromatic rings. The Bertz CT molecular complexity index is 409. The van der Waals surface area contributed by atoms with Crippen LogP contribution in [0.15, 0.2) is 29.3 Å². The Hall–Kier alpha value is -1.23. The number of hydrogen-bond donors (Lipinski definition) is 0. The number of thioether (sulfide) groups is 1. The highest BCUT2D eigenvalue weighted by Crippen LogP contribution is 2.23. The van der Waals surface area contributed by atoms with Gasteiger partial charge in [-0.25, -0.2) is 0 Å². The van der Waals surface area contributed by atoms with Crippen molar-refractivity contribution in [2.24, 2.45) is 4.99 Å². The maximum absolute atomic E-state index is 11.9. The van der Waals surface area contributed by atoms with Crippen LogP contribution < -0.4 is 0 Å². The zero-order chi connectivity index (χ0) is 13.7. The summed E-state index contributed by atoms with van der Waals surface area (Å²) in [6.45, 7) is 8.41. The van der Waals surface area contributed by atoms with Crippen LogP contribution in [0.1, 0.15) is 13.8 Å². The molecule has 2 heterocycles. The maximum Gasteiger partial charge on any atom is 0.246 e. The fourth-order valence-corrected chi connectivity index (χ4v) is 3.10. The molecule has 0 aliphatic carbocycles. The summed E-state index contributed by atoms with van der Waals surface area (Å²) in [6, 6.07) is 0. The van der Waals surface area contributed by atoms with Crippen LogP contribution in [0.5, 0.6) is 0 Å². The Morgan fingerprint density at radius 3 is 2.63 bits per heavy atom. The molecular weight excluding hydrogens is 258 g/mol. The molecule has 2 aliphatic heterocycles. The van der Waals surface area contributed by atoms with Gasteiger partial charge in [0.05, 0.1) is 6.54 Å². The highest BCUT2D eigenvalue weighted by molar-refractivity contribution is 8.14. The van der Waals surface area contributed by atoms with Crippen LogP contribution in [0.25, 0.3) is 0 Å². The van der Waals surface area contributed by atoms with Crippen molar-refractivity contribution in [2.75, 3.05) is 32.7 Å². The third-order valence-electron chi connectivity index (χ3n) is 3.19. The Morgan fingerprint density at radius 1 is 1.32 bits per heavy atom. The summed E-state index contributed by atoms with van der Waals surface area (Å²) in [4.78, 5) is 20.7. The van der Waals surface area contributed by atoms with Crippen LogP contribution in [0.3, 0.4) is 0 Å². The lowest BCUT2D eigenvalue weighted by Crippen LogP contribution is -2.49. The minimum absolute atomic E-state index is 0.104. The Morgan fingerprint density at radius 2 is 2.05 bits per heavy atom. The number of allylic oxidation sites excluding steroid dienone is 3. The van der Waals surface area contributed by atoms with Crippen LogP contribution in [0.4, 0.5) is 0 Å². The van der Waals surface area contributed by atoms with Gasteiger partial charge in [-0.3, -0.25) is 9.79 Å². The first kappa shape index (κ1) is 14.2. The van der Waals surface area contributed by atoms with E-state index in [4.69, 9.17) is 0 Å². The molecular formula is C14H21N3OS. The molecule has 1 atom stereocenters. The topological polar surface area (TPSA) is 35.9 Å². The number of piperazine rings is 1. The molecule has 2 aliphatic rings. The van der Waals surface area contributed by atoms with Crippen molar-refractivity contribution in [1.82, 2.24) is 9.80 Å². The third-order valence-corrected chi connectivity index (χ3v) is 4.34. The van der Waals surface area contributed by atoms with E-state index in [9.17, 15) is 4.79 Å². The molecule has 0 spiro atoms. The van der Waals surface area contributed by atoms with Crippen molar-refractivity contribution in [3.05, 3.63) is 24.3 Å². The predicted octanol–water partition coefficient (Wildman–Crippen LogP) is 1.75. The fraction of sp³-hybridized carbons (Fsp3) is 0.571. The number of nitrogens with zero attached hydrogens (tertiary/aromatic N) is 3. The number of carbonyl (C=O) groups is 1. The van der Waals surface area contributed by atoms with Crippen LogP contribution in [0, 0.1) is 0 Å². The molecule has 1 saturated heterocycles. The van der Waals surface area contributed by atoms with Gasteiger partial charge in [0.1, 0.15) is 0 Å². The van der Waals surface area contributed by atoms with Gasteiger partial charge >= 0.3 is 0 Å². The SMILES string of the molecule is C/C=C/C=C/C(=O)N1CCN(C2=NCC(C)S2)CC1. The second kappa shape index (κ2) is 6.80. The summed E-state index contributed by atoms with van der Waals surface area (Å²) in [5.74, 6) is 0.104. The van der Waals surface area contributed by atoms with E-state index in [1.54, 1.807) is 12.2 Å². The van der Waals surface area contributed by atoms with Gasteiger partial charge in [0, 0.05) is 37.5 Å².